The SMILES string of the molecule is Cc1cccc(Oc2ccc(Nc3ncnc4ccn(CCN)c34)cc2Cl)c1. The first-order valence-electron chi connectivity index (χ1n) is 8.95. The molecule has 4 aromatic rings. The molecule has 0 spiro atoms. The Balaban J connectivity index is 1.60. The van der Waals surface area contributed by atoms with Crippen LogP contribution in [0.3, 0.4) is 0 Å². The van der Waals surface area contributed by atoms with Crippen LogP contribution < -0.4 is 15.8 Å². The van der Waals surface area contributed by atoms with Gasteiger partial charge < -0.3 is 20.4 Å². The molecule has 3 N–H and O–H groups in total. The molecule has 142 valence electrons. The Hall–Kier alpha value is -3.09. The van der Waals surface area contributed by atoms with Crippen molar-refractivity contribution in [2.75, 3.05) is 11.9 Å². The van der Waals surface area contributed by atoms with E-state index in [-0.39, 0.29) is 0 Å². The maximum absolute atomic E-state index is 6.44. The highest BCUT2D eigenvalue weighted by molar-refractivity contribution is 6.32. The van der Waals surface area contributed by atoms with Gasteiger partial charge in [-0.2, -0.15) is 0 Å². The lowest BCUT2D eigenvalue weighted by molar-refractivity contribution is 0.482. The van der Waals surface area contributed by atoms with Gasteiger partial charge in [0.05, 0.1) is 10.5 Å². The Kier molecular flexibility index (Phi) is 5.14. The quantitative estimate of drug-likeness (QED) is 0.487. The first kappa shape index (κ1) is 18.3. The monoisotopic (exact) mass is 393 g/mol. The summed E-state index contributed by atoms with van der Waals surface area (Å²) < 4.78 is 7.94. The van der Waals surface area contributed by atoms with Crippen LogP contribution in [0.4, 0.5) is 11.5 Å². The van der Waals surface area contributed by atoms with E-state index in [0.29, 0.717) is 29.7 Å². The molecule has 0 aliphatic carbocycles. The molecule has 28 heavy (non-hydrogen) atoms. The first-order valence-corrected chi connectivity index (χ1v) is 9.33. The molecule has 2 aromatic carbocycles. The highest BCUT2D eigenvalue weighted by atomic mass is 35.5. The lowest BCUT2D eigenvalue weighted by atomic mass is 10.2. The van der Waals surface area contributed by atoms with E-state index >= 15 is 0 Å². The molecule has 4 rings (SSSR count). The van der Waals surface area contributed by atoms with E-state index in [9.17, 15) is 0 Å². The van der Waals surface area contributed by atoms with Gasteiger partial charge in [0.15, 0.2) is 5.82 Å². The van der Waals surface area contributed by atoms with Crippen molar-refractivity contribution in [3.05, 3.63) is 71.6 Å². The number of aryl methyl sites for hydroxylation is 1. The molecule has 0 amide bonds. The molecule has 2 heterocycles. The summed E-state index contributed by atoms with van der Waals surface area (Å²) in [6.45, 7) is 3.25. The maximum Gasteiger partial charge on any atom is 0.158 e. The summed E-state index contributed by atoms with van der Waals surface area (Å²) in [7, 11) is 0. The number of hydrogen-bond acceptors (Lipinski definition) is 5. The molecule has 0 aliphatic heterocycles. The number of aromatic nitrogens is 3. The molecule has 0 atom stereocenters. The van der Waals surface area contributed by atoms with Crippen LogP contribution in [0.2, 0.25) is 5.02 Å². The van der Waals surface area contributed by atoms with Gasteiger partial charge in [-0.1, -0.05) is 23.7 Å². The largest absolute Gasteiger partial charge is 0.456 e. The zero-order chi connectivity index (χ0) is 19.5. The highest BCUT2D eigenvalue weighted by Gasteiger charge is 2.11. The zero-order valence-electron chi connectivity index (χ0n) is 15.4. The van der Waals surface area contributed by atoms with Crippen molar-refractivity contribution >= 4 is 34.1 Å². The van der Waals surface area contributed by atoms with Crippen LogP contribution in [0.25, 0.3) is 11.0 Å². The number of nitrogens with one attached hydrogen (secondary N) is 1. The summed E-state index contributed by atoms with van der Waals surface area (Å²) in [6, 6.07) is 15.3. The van der Waals surface area contributed by atoms with Crippen LogP contribution in [-0.2, 0) is 6.54 Å². The molecule has 6 nitrogen and oxygen atoms in total. The van der Waals surface area contributed by atoms with Crippen LogP contribution in [0.1, 0.15) is 5.56 Å². The van der Waals surface area contributed by atoms with Gasteiger partial charge in [-0.15, -0.1) is 0 Å². The fourth-order valence-electron chi connectivity index (χ4n) is 3.05. The first-order chi connectivity index (χ1) is 13.6. The van der Waals surface area contributed by atoms with E-state index in [1.54, 1.807) is 0 Å². The second-order valence-corrected chi connectivity index (χ2v) is 6.85. The summed E-state index contributed by atoms with van der Waals surface area (Å²) >= 11 is 6.44. The normalized spacial score (nSPS) is 11.0. The summed E-state index contributed by atoms with van der Waals surface area (Å²) in [5.74, 6) is 2.05. The predicted octanol–water partition coefficient (Wildman–Crippen LogP) is 4.89. The number of benzene rings is 2. The lowest BCUT2D eigenvalue weighted by Gasteiger charge is -2.12. The summed E-state index contributed by atoms with van der Waals surface area (Å²) in [6.07, 6.45) is 3.50. The van der Waals surface area contributed by atoms with E-state index in [2.05, 4.69) is 15.3 Å². The second-order valence-electron chi connectivity index (χ2n) is 6.44. The van der Waals surface area contributed by atoms with E-state index in [0.717, 1.165) is 28.0 Å². The van der Waals surface area contributed by atoms with E-state index < -0.39 is 0 Å². The number of ether oxygens (including phenoxy) is 1. The maximum atomic E-state index is 6.44. The van der Waals surface area contributed by atoms with Gasteiger partial charge in [-0.05, 0) is 48.9 Å². The summed E-state index contributed by atoms with van der Waals surface area (Å²) in [5.41, 5.74) is 9.41. The molecule has 2 aromatic heterocycles. The minimum absolute atomic E-state index is 0.508. The van der Waals surface area contributed by atoms with Gasteiger partial charge in [0.2, 0.25) is 0 Å². The Morgan fingerprint density at radius 2 is 2.04 bits per heavy atom. The second kappa shape index (κ2) is 7.88. The Bertz CT molecular complexity index is 1120. The van der Waals surface area contributed by atoms with Crippen molar-refractivity contribution in [1.29, 1.82) is 0 Å². The molecular formula is C21H20ClN5O. The number of nitrogens with two attached hydrogens (primary N) is 1. The predicted molar refractivity (Wildman–Crippen MR) is 113 cm³/mol. The van der Waals surface area contributed by atoms with Crippen LogP contribution in [-0.4, -0.2) is 21.1 Å². The molecule has 0 bridgehead atoms. The fourth-order valence-corrected chi connectivity index (χ4v) is 3.27. The zero-order valence-corrected chi connectivity index (χ0v) is 16.1. The van der Waals surface area contributed by atoms with Crippen molar-refractivity contribution in [3.63, 3.8) is 0 Å². The van der Waals surface area contributed by atoms with Crippen molar-refractivity contribution in [3.8, 4) is 11.5 Å². The number of rotatable bonds is 6. The number of anilines is 2. The summed E-state index contributed by atoms with van der Waals surface area (Å²) in [5, 5.41) is 3.83. The summed E-state index contributed by atoms with van der Waals surface area (Å²) in [4.78, 5) is 8.70. The average molecular weight is 394 g/mol. The molecule has 0 fully saturated rings. The Morgan fingerprint density at radius 3 is 2.82 bits per heavy atom. The fraction of sp³-hybridized carbons (Fsp3) is 0.143. The van der Waals surface area contributed by atoms with Crippen LogP contribution in [0.5, 0.6) is 11.5 Å². The lowest BCUT2D eigenvalue weighted by Crippen LogP contribution is -2.10. The molecule has 0 aliphatic rings. The van der Waals surface area contributed by atoms with Crippen molar-refractivity contribution in [1.82, 2.24) is 14.5 Å². The van der Waals surface area contributed by atoms with E-state index in [1.165, 1.54) is 6.33 Å². The standard InChI is InChI=1S/C21H20ClN5O/c1-14-3-2-4-16(11-14)28-19-6-5-15(12-17(19)22)26-21-20-18(24-13-25-21)7-9-27(20)10-8-23/h2-7,9,11-13H,8,10,23H2,1H3,(H,24,25,26). The third-order valence-electron chi connectivity index (χ3n) is 4.33. The van der Waals surface area contributed by atoms with Crippen LogP contribution >= 0.6 is 11.6 Å². The van der Waals surface area contributed by atoms with Gasteiger partial charge in [-0.25, -0.2) is 9.97 Å². The Morgan fingerprint density at radius 1 is 1.14 bits per heavy atom. The minimum atomic E-state index is 0.508. The number of halogens is 1. The molecule has 0 radical (unpaired) electrons. The van der Waals surface area contributed by atoms with Gasteiger partial charge in [0.1, 0.15) is 23.3 Å². The topological polar surface area (TPSA) is 78.0 Å². The van der Waals surface area contributed by atoms with Crippen molar-refractivity contribution in [2.24, 2.45) is 5.73 Å². The minimum Gasteiger partial charge on any atom is -0.456 e. The number of hydrogen-bond donors (Lipinski definition) is 2. The molecule has 0 saturated heterocycles. The molecular weight excluding hydrogens is 374 g/mol. The highest BCUT2D eigenvalue weighted by Crippen LogP contribution is 2.33. The van der Waals surface area contributed by atoms with E-state index in [4.69, 9.17) is 22.1 Å². The Labute approximate surface area is 167 Å². The molecule has 0 saturated carbocycles. The van der Waals surface area contributed by atoms with Gasteiger partial charge in [0, 0.05) is 25.0 Å². The van der Waals surface area contributed by atoms with Crippen molar-refractivity contribution in [2.45, 2.75) is 13.5 Å². The van der Waals surface area contributed by atoms with Crippen LogP contribution in [0, 0.1) is 6.92 Å². The number of fused-ring (bicyclic) bond motifs is 1. The van der Waals surface area contributed by atoms with E-state index in [1.807, 2.05) is 66.2 Å². The molecule has 0 unspecified atom stereocenters. The average Bonchev–Trinajstić information content (AvgIpc) is 3.09. The molecule has 7 heteroatoms. The van der Waals surface area contributed by atoms with Crippen molar-refractivity contribution < 1.29 is 4.74 Å². The third-order valence-corrected chi connectivity index (χ3v) is 4.63. The van der Waals surface area contributed by atoms with Crippen LogP contribution in [0.15, 0.2) is 61.1 Å². The smallest absolute Gasteiger partial charge is 0.158 e. The number of nitrogens with zero attached hydrogens (tertiary/aromatic N) is 3. The van der Waals surface area contributed by atoms with Gasteiger partial charge in [-0.3, -0.25) is 0 Å². The third kappa shape index (κ3) is 3.78. The van der Waals surface area contributed by atoms with Gasteiger partial charge >= 0.3 is 0 Å². The van der Waals surface area contributed by atoms with Gasteiger partial charge in [0.25, 0.3) is 0 Å².